The number of aromatic nitrogens is 2. The highest BCUT2D eigenvalue weighted by atomic mass is 14.8. The summed E-state index contributed by atoms with van der Waals surface area (Å²) in [6, 6.07) is 27.8. The van der Waals surface area contributed by atoms with Gasteiger partial charge in [-0.2, -0.15) is 0 Å². The van der Waals surface area contributed by atoms with E-state index in [0.717, 1.165) is 27.5 Å². The molecule has 0 bridgehead atoms. The number of fused-ring (bicyclic) bond motifs is 4. The molecule has 5 rings (SSSR count). The maximum absolute atomic E-state index is 4.92. The van der Waals surface area contributed by atoms with Gasteiger partial charge in [0.2, 0.25) is 0 Å². The Balaban J connectivity index is 1.71. The van der Waals surface area contributed by atoms with Gasteiger partial charge >= 0.3 is 0 Å². The topological polar surface area (TPSA) is 25.8 Å². The molecule has 0 N–H and O–H groups in total. The Morgan fingerprint density at radius 3 is 1.96 bits per heavy atom. The van der Waals surface area contributed by atoms with E-state index < -0.39 is 0 Å². The molecular formula is C26H22N2. The second-order valence-electron chi connectivity index (χ2n) is 8.41. The Labute approximate surface area is 164 Å². The van der Waals surface area contributed by atoms with Crippen molar-refractivity contribution in [3.63, 3.8) is 0 Å². The third kappa shape index (κ3) is 2.82. The molecule has 0 radical (unpaired) electrons. The summed E-state index contributed by atoms with van der Waals surface area (Å²) in [5.41, 5.74) is 7.70. The quantitative estimate of drug-likeness (QED) is 0.239. The van der Waals surface area contributed by atoms with Crippen LogP contribution in [-0.2, 0) is 5.41 Å². The molecule has 0 aliphatic carbocycles. The van der Waals surface area contributed by atoms with Gasteiger partial charge in [0, 0.05) is 5.39 Å². The van der Waals surface area contributed by atoms with Gasteiger partial charge in [0.15, 0.2) is 0 Å². The van der Waals surface area contributed by atoms with Crippen LogP contribution < -0.4 is 0 Å². The number of hydrogen-bond donors (Lipinski definition) is 0. The van der Waals surface area contributed by atoms with E-state index in [4.69, 9.17) is 9.97 Å². The highest BCUT2D eigenvalue weighted by Crippen LogP contribution is 2.31. The molecule has 0 aliphatic heterocycles. The van der Waals surface area contributed by atoms with E-state index >= 15 is 0 Å². The summed E-state index contributed by atoms with van der Waals surface area (Å²) in [4.78, 5) is 9.73. The van der Waals surface area contributed by atoms with Crippen molar-refractivity contribution >= 4 is 32.8 Å². The molecule has 2 nitrogen and oxygen atoms in total. The Morgan fingerprint density at radius 1 is 0.607 bits per heavy atom. The minimum atomic E-state index is 0.161. The third-order valence-electron chi connectivity index (χ3n) is 5.41. The lowest BCUT2D eigenvalue weighted by molar-refractivity contribution is 0.590. The predicted octanol–water partition coefficient (Wildman–Crippen LogP) is 6.90. The Kier molecular flexibility index (Phi) is 3.70. The normalized spacial score (nSPS) is 12.1. The predicted molar refractivity (Wildman–Crippen MR) is 119 cm³/mol. The Bertz CT molecular complexity index is 1330. The van der Waals surface area contributed by atoms with Crippen LogP contribution in [0.25, 0.3) is 44.0 Å². The van der Waals surface area contributed by atoms with E-state index in [9.17, 15) is 0 Å². The van der Waals surface area contributed by atoms with Gasteiger partial charge in [0.05, 0.1) is 22.1 Å². The molecule has 1 heterocycles. The summed E-state index contributed by atoms with van der Waals surface area (Å²) in [7, 11) is 0. The van der Waals surface area contributed by atoms with Crippen LogP contribution in [-0.4, -0.2) is 9.97 Å². The minimum Gasteiger partial charge on any atom is -0.244 e. The monoisotopic (exact) mass is 362 g/mol. The first-order valence-electron chi connectivity index (χ1n) is 9.69. The van der Waals surface area contributed by atoms with Crippen molar-refractivity contribution in [1.82, 2.24) is 9.97 Å². The maximum Gasteiger partial charge on any atom is 0.0973 e. The molecule has 0 aliphatic rings. The molecule has 28 heavy (non-hydrogen) atoms. The molecule has 2 heteroatoms. The molecule has 0 fully saturated rings. The van der Waals surface area contributed by atoms with Gasteiger partial charge in [-0.1, -0.05) is 75.4 Å². The lowest BCUT2D eigenvalue weighted by atomic mass is 9.86. The highest BCUT2D eigenvalue weighted by Gasteiger charge is 2.13. The molecule has 0 atom stereocenters. The number of benzene rings is 4. The van der Waals surface area contributed by atoms with Gasteiger partial charge < -0.3 is 0 Å². The second-order valence-corrected chi connectivity index (χ2v) is 8.41. The SMILES string of the molecule is CC(C)(C)c1ccc(-c2ccc3ccc4nc5ccccc5nc4c3c2)cc1. The summed E-state index contributed by atoms with van der Waals surface area (Å²) in [6.07, 6.45) is 0. The van der Waals surface area contributed by atoms with Crippen molar-refractivity contribution in [2.24, 2.45) is 0 Å². The fourth-order valence-corrected chi connectivity index (χ4v) is 3.75. The van der Waals surface area contributed by atoms with E-state index in [0.29, 0.717) is 0 Å². The molecule has 0 unspecified atom stereocenters. The smallest absolute Gasteiger partial charge is 0.0973 e. The molecule has 0 saturated carbocycles. The van der Waals surface area contributed by atoms with Gasteiger partial charge in [-0.15, -0.1) is 0 Å². The number of hydrogen-bond acceptors (Lipinski definition) is 2. The zero-order chi connectivity index (χ0) is 19.3. The van der Waals surface area contributed by atoms with Gasteiger partial charge in [0.25, 0.3) is 0 Å². The van der Waals surface area contributed by atoms with E-state index in [2.05, 4.69) is 75.4 Å². The Morgan fingerprint density at radius 2 is 1.25 bits per heavy atom. The average molecular weight is 362 g/mol. The number of para-hydroxylation sites is 2. The standard InChI is InChI=1S/C26H22N2/c1-26(2,3)20-13-10-17(11-14-20)19-9-8-18-12-15-24-25(21(18)16-19)28-23-7-5-4-6-22(23)27-24/h4-16H,1-3H3. The van der Waals surface area contributed by atoms with Crippen LogP contribution in [0.1, 0.15) is 26.3 Å². The highest BCUT2D eigenvalue weighted by molar-refractivity contribution is 6.07. The van der Waals surface area contributed by atoms with Crippen molar-refractivity contribution in [2.45, 2.75) is 26.2 Å². The molecule has 4 aromatic carbocycles. The largest absolute Gasteiger partial charge is 0.244 e. The molecule has 0 amide bonds. The first-order valence-corrected chi connectivity index (χ1v) is 9.69. The zero-order valence-corrected chi connectivity index (χ0v) is 16.4. The van der Waals surface area contributed by atoms with Crippen molar-refractivity contribution < 1.29 is 0 Å². The molecular weight excluding hydrogens is 340 g/mol. The van der Waals surface area contributed by atoms with E-state index in [-0.39, 0.29) is 5.41 Å². The second kappa shape index (κ2) is 6.13. The lowest BCUT2D eigenvalue weighted by Gasteiger charge is -2.19. The van der Waals surface area contributed by atoms with Gasteiger partial charge in [-0.3, -0.25) is 0 Å². The molecule has 1 aromatic heterocycles. The molecule has 0 spiro atoms. The summed E-state index contributed by atoms with van der Waals surface area (Å²) in [5, 5.41) is 2.33. The number of nitrogens with zero attached hydrogens (tertiary/aromatic N) is 2. The summed E-state index contributed by atoms with van der Waals surface area (Å²) < 4.78 is 0. The van der Waals surface area contributed by atoms with Crippen LogP contribution in [0.5, 0.6) is 0 Å². The lowest BCUT2D eigenvalue weighted by Crippen LogP contribution is -2.10. The first-order chi connectivity index (χ1) is 13.5. The van der Waals surface area contributed by atoms with Crippen molar-refractivity contribution in [2.75, 3.05) is 0 Å². The van der Waals surface area contributed by atoms with Crippen LogP contribution in [0.3, 0.4) is 0 Å². The summed E-state index contributed by atoms with van der Waals surface area (Å²) in [5.74, 6) is 0. The third-order valence-corrected chi connectivity index (χ3v) is 5.41. The molecule has 136 valence electrons. The van der Waals surface area contributed by atoms with Crippen molar-refractivity contribution in [3.8, 4) is 11.1 Å². The van der Waals surface area contributed by atoms with Crippen molar-refractivity contribution in [3.05, 3.63) is 84.4 Å². The van der Waals surface area contributed by atoms with Crippen molar-refractivity contribution in [1.29, 1.82) is 0 Å². The summed E-state index contributed by atoms with van der Waals surface area (Å²) in [6.45, 7) is 6.73. The molecule has 0 saturated heterocycles. The van der Waals surface area contributed by atoms with Crippen LogP contribution in [0.4, 0.5) is 0 Å². The Hall–Kier alpha value is -3.26. The van der Waals surface area contributed by atoms with Gasteiger partial charge in [-0.25, -0.2) is 9.97 Å². The van der Waals surface area contributed by atoms with E-state index in [1.165, 1.54) is 22.1 Å². The fourth-order valence-electron chi connectivity index (χ4n) is 3.75. The first kappa shape index (κ1) is 16.9. The minimum absolute atomic E-state index is 0.161. The fraction of sp³-hybridized carbons (Fsp3) is 0.154. The van der Waals surface area contributed by atoms with Crippen LogP contribution in [0.15, 0.2) is 78.9 Å². The van der Waals surface area contributed by atoms with Crippen LogP contribution >= 0.6 is 0 Å². The maximum atomic E-state index is 4.92. The van der Waals surface area contributed by atoms with Crippen LogP contribution in [0, 0.1) is 0 Å². The zero-order valence-electron chi connectivity index (χ0n) is 16.4. The number of rotatable bonds is 1. The van der Waals surface area contributed by atoms with E-state index in [1.807, 2.05) is 24.3 Å². The van der Waals surface area contributed by atoms with Gasteiger partial charge in [-0.05, 0) is 51.8 Å². The van der Waals surface area contributed by atoms with Crippen LogP contribution in [0.2, 0.25) is 0 Å². The van der Waals surface area contributed by atoms with E-state index in [1.54, 1.807) is 0 Å². The molecule has 5 aromatic rings. The average Bonchev–Trinajstić information content (AvgIpc) is 2.71. The summed E-state index contributed by atoms with van der Waals surface area (Å²) >= 11 is 0. The van der Waals surface area contributed by atoms with Gasteiger partial charge in [0.1, 0.15) is 0 Å².